The molecule has 5 nitrogen and oxygen atoms in total. The van der Waals surface area contributed by atoms with Crippen LogP contribution in [0, 0.1) is 0 Å². The third-order valence-corrected chi connectivity index (χ3v) is 4.05. The van der Waals surface area contributed by atoms with Crippen molar-refractivity contribution < 1.29 is 14.6 Å². The minimum absolute atomic E-state index is 0.0475. The number of hydrogen-bond donors (Lipinski definition) is 2. The van der Waals surface area contributed by atoms with E-state index in [2.05, 4.69) is 17.1 Å². The van der Waals surface area contributed by atoms with E-state index in [1.807, 2.05) is 12.1 Å². The van der Waals surface area contributed by atoms with Crippen molar-refractivity contribution in [2.24, 2.45) is 0 Å². The van der Waals surface area contributed by atoms with Crippen LogP contribution in [0.2, 0.25) is 0 Å². The molecular formula is C18H28N2O3. The van der Waals surface area contributed by atoms with E-state index in [1.54, 1.807) is 12.1 Å². The molecule has 1 heterocycles. The topological polar surface area (TPSA) is 61.8 Å². The molecule has 0 spiro atoms. The summed E-state index contributed by atoms with van der Waals surface area (Å²) in [6.45, 7) is 5.76. The van der Waals surface area contributed by atoms with Crippen molar-refractivity contribution in [1.82, 2.24) is 4.90 Å². The SMILES string of the molecule is CCCCNc1ccc(C(=O)OCC(O)CN2CCCC2)cc1. The highest BCUT2D eigenvalue weighted by Gasteiger charge is 2.17. The molecule has 1 fully saturated rings. The summed E-state index contributed by atoms with van der Waals surface area (Å²) in [4.78, 5) is 14.2. The van der Waals surface area contributed by atoms with Crippen molar-refractivity contribution in [3.8, 4) is 0 Å². The van der Waals surface area contributed by atoms with Gasteiger partial charge in [-0.25, -0.2) is 4.79 Å². The molecule has 0 amide bonds. The van der Waals surface area contributed by atoms with Gasteiger partial charge in [0, 0.05) is 18.8 Å². The molecule has 1 aliphatic heterocycles. The number of likely N-dealkylation sites (tertiary alicyclic amines) is 1. The van der Waals surface area contributed by atoms with E-state index in [-0.39, 0.29) is 12.6 Å². The number of nitrogens with zero attached hydrogens (tertiary/aromatic N) is 1. The number of aliphatic hydroxyl groups excluding tert-OH is 1. The summed E-state index contributed by atoms with van der Waals surface area (Å²) in [7, 11) is 0. The Bertz CT molecular complexity index is 470. The quantitative estimate of drug-likeness (QED) is 0.541. The molecule has 1 aromatic carbocycles. The standard InChI is InChI=1S/C18H28N2O3/c1-2-3-10-19-16-8-6-15(7-9-16)18(22)23-14-17(21)13-20-11-4-5-12-20/h6-9,17,19,21H,2-5,10-14H2,1H3. The van der Waals surface area contributed by atoms with Crippen molar-refractivity contribution in [2.75, 3.05) is 38.1 Å². The first kappa shape index (κ1) is 17.8. The van der Waals surface area contributed by atoms with Crippen LogP contribution in [0.4, 0.5) is 5.69 Å². The maximum Gasteiger partial charge on any atom is 0.338 e. The van der Waals surface area contributed by atoms with Gasteiger partial charge < -0.3 is 20.1 Å². The number of nitrogens with one attached hydrogen (secondary N) is 1. The Labute approximate surface area is 138 Å². The predicted molar refractivity (Wildman–Crippen MR) is 91.8 cm³/mol. The lowest BCUT2D eigenvalue weighted by Gasteiger charge is -2.19. The first-order valence-corrected chi connectivity index (χ1v) is 8.60. The number of esters is 1. The predicted octanol–water partition coefficient (Wildman–Crippen LogP) is 2.51. The van der Waals surface area contributed by atoms with Gasteiger partial charge in [0.25, 0.3) is 0 Å². The average molecular weight is 320 g/mol. The molecule has 1 atom stereocenters. The fraction of sp³-hybridized carbons (Fsp3) is 0.611. The van der Waals surface area contributed by atoms with Crippen LogP contribution in [-0.4, -0.2) is 54.9 Å². The zero-order chi connectivity index (χ0) is 16.5. The third kappa shape index (κ3) is 6.20. The monoisotopic (exact) mass is 320 g/mol. The van der Waals surface area contributed by atoms with Gasteiger partial charge in [0.1, 0.15) is 12.7 Å². The molecule has 23 heavy (non-hydrogen) atoms. The Morgan fingerprint density at radius 3 is 2.65 bits per heavy atom. The summed E-state index contributed by atoms with van der Waals surface area (Å²) in [6, 6.07) is 7.27. The van der Waals surface area contributed by atoms with Gasteiger partial charge in [-0.2, -0.15) is 0 Å². The van der Waals surface area contributed by atoms with Gasteiger partial charge >= 0.3 is 5.97 Å². The molecule has 0 radical (unpaired) electrons. The first-order chi connectivity index (χ1) is 11.2. The Kier molecular flexibility index (Phi) is 7.36. The van der Waals surface area contributed by atoms with Crippen LogP contribution >= 0.6 is 0 Å². The van der Waals surface area contributed by atoms with Gasteiger partial charge in [-0.1, -0.05) is 13.3 Å². The Morgan fingerprint density at radius 2 is 2.00 bits per heavy atom. The van der Waals surface area contributed by atoms with Crippen LogP contribution in [0.3, 0.4) is 0 Å². The smallest absolute Gasteiger partial charge is 0.338 e. The number of carbonyl (C=O) groups is 1. The summed E-state index contributed by atoms with van der Waals surface area (Å²) in [6.07, 6.45) is 4.03. The summed E-state index contributed by atoms with van der Waals surface area (Å²) >= 11 is 0. The maximum atomic E-state index is 12.0. The van der Waals surface area contributed by atoms with E-state index in [1.165, 1.54) is 12.8 Å². The van der Waals surface area contributed by atoms with Crippen molar-refractivity contribution >= 4 is 11.7 Å². The zero-order valence-corrected chi connectivity index (χ0v) is 14.0. The number of aliphatic hydroxyl groups is 1. The molecule has 0 aromatic heterocycles. The maximum absolute atomic E-state index is 12.0. The Morgan fingerprint density at radius 1 is 1.30 bits per heavy atom. The third-order valence-electron chi connectivity index (χ3n) is 4.05. The molecule has 1 aromatic rings. The average Bonchev–Trinajstić information content (AvgIpc) is 3.06. The zero-order valence-electron chi connectivity index (χ0n) is 14.0. The first-order valence-electron chi connectivity index (χ1n) is 8.60. The van der Waals surface area contributed by atoms with Gasteiger partial charge in [-0.15, -0.1) is 0 Å². The van der Waals surface area contributed by atoms with Crippen molar-refractivity contribution in [2.45, 2.75) is 38.7 Å². The number of hydrogen-bond acceptors (Lipinski definition) is 5. The van der Waals surface area contributed by atoms with Crippen LogP contribution in [0.1, 0.15) is 43.0 Å². The lowest BCUT2D eigenvalue weighted by molar-refractivity contribution is 0.0178. The Balaban J connectivity index is 1.71. The second-order valence-electron chi connectivity index (χ2n) is 6.12. The van der Waals surface area contributed by atoms with Gasteiger partial charge in [0.2, 0.25) is 0 Å². The molecule has 2 rings (SSSR count). The lowest BCUT2D eigenvalue weighted by atomic mass is 10.2. The number of benzene rings is 1. The highest BCUT2D eigenvalue weighted by molar-refractivity contribution is 5.89. The molecule has 0 bridgehead atoms. The number of rotatable bonds is 9. The minimum atomic E-state index is -0.618. The second-order valence-corrected chi connectivity index (χ2v) is 6.12. The van der Waals surface area contributed by atoms with Crippen LogP contribution in [0.15, 0.2) is 24.3 Å². The van der Waals surface area contributed by atoms with Gasteiger partial charge in [-0.05, 0) is 56.6 Å². The normalized spacial score (nSPS) is 16.3. The second kappa shape index (κ2) is 9.53. The minimum Gasteiger partial charge on any atom is -0.459 e. The molecule has 0 aliphatic carbocycles. The number of carbonyl (C=O) groups excluding carboxylic acids is 1. The largest absolute Gasteiger partial charge is 0.459 e. The highest BCUT2D eigenvalue weighted by atomic mass is 16.5. The molecule has 1 saturated heterocycles. The van der Waals surface area contributed by atoms with E-state index in [9.17, 15) is 9.90 Å². The van der Waals surface area contributed by atoms with Crippen LogP contribution in [-0.2, 0) is 4.74 Å². The molecule has 128 valence electrons. The van der Waals surface area contributed by atoms with Crippen molar-refractivity contribution in [3.63, 3.8) is 0 Å². The summed E-state index contributed by atoms with van der Waals surface area (Å²) in [5.74, 6) is -0.384. The molecule has 5 heteroatoms. The van der Waals surface area contributed by atoms with E-state index < -0.39 is 6.10 Å². The van der Waals surface area contributed by atoms with Crippen LogP contribution in [0.25, 0.3) is 0 Å². The lowest BCUT2D eigenvalue weighted by Crippen LogP contribution is -2.33. The number of β-amino-alcohol motifs (C(OH)–C–C–N with tert-alkyl or cyclic N) is 1. The summed E-state index contributed by atoms with van der Waals surface area (Å²) < 4.78 is 5.20. The van der Waals surface area contributed by atoms with E-state index >= 15 is 0 Å². The van der Waals surface area contributed by atoms with Gasteiger partial charge in [-0.3, -0.25) is 0 Å². The van der Waals surface area contributed by atoms with E-state index in [4.69, 9.17) is 4.74 Å². The molecule has 1 aliphatic rings. The van der Waals surface area contributed by atoms with E-state index in [0.717, 1.165) is 38.2 Å². The van der Waals surface area contributed by atoms with Crippen LogP contribution in [0.5, 0.6) is 0 Å². The highest BCUT2D eigenvalue weighted by Crippen LogP contribution is 2.12. The number of unbranched alkanes of at least 4 members (excludes halogenated alkanes) is 1. The molecular weight excluding hydrogens is 292 g/mol. The molecule has 1 unspecified atom stereocenters. The van der Waals surface area contributed by atoms with Crippen molar-refractivity contribution in [1.29, 1.82) is 0 Å². The number of anilines is 1. The van der Waals surface area contributed by atoms with Crippen LogP contribution < -0.4 is 5.32 Å². The van der Waals surface area contributed by atoms with Crippen molar-refractivity contribution in [3.05, 3.63) is 29.8 Å². The summed E-state index contributed by atoms with van der Waals surface area (Å²) in [5.41, 5.74) is 1.52. The van der Waals surface area contributed by atoms with Gasteiger partial charge in [0.05, 0.1) is 5.56 Å². The Hall–Kier alpha value is -1.59. The molecule has 0 saturated carbocycles. The van der Waals surface area contributed by atoms with E-state index in [0.29, 0.717) is 12.1 Å². The van der Waals surface area contributed by atoms with Gasteiger partial charge in [0.15, 0.2) is 0 Å². The number of ether oxygens (including phenoxy) is 1. The molecule has 2 N–H and O–H groups in total. The fourth-order valence-corrected chi connectivity index (χ4v) is 2.70. The summed E-state index contributed by atoms with van der Waals surface area (Å²) in [5, 5.41) is 13.2. The fourth-order valence-electron chi connectivity index (χ4n) is 2.70.